The van der Waals surface area contributed by atoms with Crippen LogP contribution in [0.4, 0.5) is 24.5 Å². The van der Waals surface area contributed by atoms with Gasteiger partial charge in [-0.05, 0) is 55.5 Å². The summed E-state index contributed by atoms with van der Waals surface area (Å²) >= 11 is 0. The number of halogens is 3. The van der Waals surface area contributed by atoms with E-state index in [0.717, 1.165) is 0 Å². The van der Waals surface area contributed by atoms with E-state index in [1.807, 2.05) is 27.7 Å². The topological polar surface area (TPSA) is 58.6 Å². The molecule has 4 rings (SSSR count). The van der Waals surface area contributed by atoms with Crippen molar-refractivity contribution in [2.24, 2.45) is 5.41 Å². The van der Waals surface area contributed by atoms with Crippen LogP contribution in [0.5, 0.6) is 5.75 Å². The van der Waals surface area contributed by atoms with Crippen molar-refractivity contribution in [3.8, 4) is 5.75 Å². The molecule has 1 aliphatic heterocycles. The molecule has 2 aliphatic rings. The van der Waals surface area contributed by atoms with Gasteiger partial charge in [0.05, 0.1) is 23.5 Å². The highest BCUT2D eigenvalue weighted by Gasteiger charge is 2.50. The van der Waals surface area contributed by atoms with E-state index in [-0.39, 0.29) is 35.0 Å². The normalized spacial score (nSPS) is 19.8. The molecule has 1 atom stereocenters. The zero-order chi connectivity index (χ0) is 24.8. The first-order valence-corrected chi connectivity index (χ1v) is 11.2. The number of carbonyl (C=O) groups excluding carboxylic acids is 2. The first-order valence-electron chi connectivity index (χ1n) is 11.2. The lowest BCUT2D eigenvalue weighted by molar-refractivity contribution is -0.170. The van der Waals surface area contributed by atoms with Crippen LogP contribution in [0.3, 0.4) is 0 Å². The number of Topliss-reactive ketones (excluding diaryl/α,β-unsaturated/α-hetero) is 1. The van der Waals surface area contributed by atoms with Crippen LogP contribution in [0.1, 0.15) is 52.1 Å². The highest BCUT2D eigenvalue weighted by Crippen LogP contribution is 2.49. The highest BCUT2D eigenvalue weighted by molar-refractivity contribution is 6.07. The third-order valence-corrected chi connectivity index (χ3v) is 5.93. The monoisotopic (exact) mass is 472 g/mol. The summed E-state index contributed by atoms with van der Waals surface area (Å²) in [5, 5.41) is 3.19. The number of alkyl halides is 3. The van der Waals surface area contributed by atoms with Crippen LogP contribution in [0.25, 0.3) is 0 Å². The Bertz CT molecular complexity index is 1150. The van der Waals surface area contributed by atoms with E-state index in [4.69, 9.17) is 4.74 Å². The third-order valence-electron chi connectivity index (χ3n) is 5.93. The van der Waals surface area contributed by atoms with E-state index in [9.17, 15) is 22.8 Å². The van der Waals surface area contributed by atoms with E-state index in [0.29, 0.717) is 34.0 Å². The van der Waals surface area contributed by atoms with Gasteiger partial charge in [-0.15, -0.1) is 0 Å². The van der Waals surface area contributed by atoms with Gasteiger partial charge in [0.25, 0.3) is 0 Å². The van der Waals surface area contributed by atoms with Gasteiger partial charge in [-0.3, -0.25) is 14.5 Å². The molecule has 0 saturated carbocycles. The number of carbonyl (C=O) groups is 2. The predicted molar refractivity (Wildman–Crippen MR) is 124 cm³/mol. The molecule has 1 N–H and O–H groups in total. The fourth-order valence-electron chi connectivity index (χ4n) is 4.66. The maximum atomic E-state index is 13.9. The van der Waals surface area contributed by atoms with Crippen molar-refractivity contribution in [2.75, 3.05) is 10.2 Å². The number of ketones is 1. The summed E-state index contributed by atoms with van der Waals surface area (Å²) in [5.41, 5.74) is 1.16. The Labute approximate surface area is 196 Å². The van der Waals surface area contributed by atoms with Gasteiger partial charge in [0, 0.05) is 17.7 Å². The molecule has 1 amide bonds. The van der Waals surface area contributed by atoms with Gasteiger partial charge in [-0.1, -0.05) is 38.1 Å². The Morgan fingerprint density at radius 2 is 1.74 bits per heavy atom. The van der Waals surface area contributed by atoms with Crippen molar-refractivity contribution < 1.29 is 27.5 Å². The average Bonchev–Trinajstić information content (AvgIpc) is 2.86. The summed E-state index contributed by atoms with van der Waals surface area (Å²) in [4.78, 5) is 27.0. The fourth-order valence-corrected chi connectivity index (χ4v) is 4.66. The number of para-hydroxylation sites is 2. The van der Waals surface area contributed by atoms with Gasteiger partial charge >= 0.3 is 12.1 Å². The molecule has 0 aromatic heterocycles. The van der Waals surface area contributed by atoms with Gasteiger partial charge in [0.15, 0.2) is 5.78 Å². The van der Waals surface area contributed by atoms with Crippen LogP contribution in [0, 0.1) is 5.41 Å². The van der Waals surface area contributed by atoms with Crippen molar-refractivity contribution >= 4 is 23.1 Å². The Morgan fingerprint density at radius 3 is 2.35 bits per heavy atom. The van der Waals surface area contributed by atoms with Gasteiger partial charge in [0.2, 0.25) is 0 Å². The van der Waals surface area contributed by atoms with Gasteiger partial charge in [-0.25, -0.2) is 0 Å². The number of hydrogen-bond acceptors (Lipinski definition) is 4. The number of rotatable bonds is 3. The van der Waals surface area contributed by atoms with Crippen molar-refractivity contribution in [3.63, 3.8) is 0 Å². The number of amides is 1. The molecule has 2 aromatic rings. The summed E-state index contributed by atoms with van der Waals surface area (Å²) in [7, 11) is 0. The molecule has 5 nitrogen and oxygen atoms in total. The van der Waals surface area contributed by atoms with Gasteiger partial charge in [0.1, 0.15) is 5.75 Å². The predicted octanol–water partition coefficient (Wildman–Crippen LogP) is 6.18. The van der Waals surface area contributed by atoms with Crippen molar-refractivity contribution in [1.29, 1.82) is 0 Å². The number of fused-ring (bicyclic) bond motifs is 1. The van der Waals surface area contributed by atoms with Gasteiger partial charge < -0.3 is 10.1 Å². The average molecular weight is 473 g/mol. The van der Waals surface area contributed by atoms with Crippen LogP contribution in [-0.4, -0.2) is 24.0 Å². The molecule has 0 bridgehead atoms. The molecule has 34 heavy (non-hydrogen) atoms. The molecule has 1 unspecified atom stereocenters. The van der Waals surface area contributed by atoms with Crippen LogP contribution in [-0.2, 0) is 9.59 Å². The highest BCUT2D eigenvalue weighted by atomic mass is 19.4. The maximum Gasteiger partial charge on any atom is 0.471 e. The zero-order valence-corrected chi connectivity index (χ0v) is 19.5. The fraction of sp³-hybridized carbons (Fsp3) is 0.385. The van der Waals surface area contributed by atoms with E-state index >= 15 is 0 Å². The SMILES string of the molecule is CC(C)Oc1ccc(C2C3=C(CC(C)(C)CC3=O)Nc3ccccc3N2C(=O)C(F)(F)F)cc1. The molecule has 0 radical (unpaired) electrons. The number of allylic oxidation sites excluding steroid dienone is 1. The van der Waals surface area contributed by atoms with E-state index in [1.54, 1.807) is 42.5 Å². The van der Waals surface area contributed by atoms with Crippen molar-refractivity contribution in [2.45, 2.75) is 58.9 Å². The van der Waals surface area contributed by atoms with Gasteiger partial charge in [-0.2, -0.15) is 13.2 Å². The standard InChI is InChI=1S/C26H27F3N2O3/c1-15(2)34-17-11-9-16(10-12-17)23-22-19(13-25(3,4)14-21(22)32)30-18-7-5-6-8-20(18)31(23)24(33)26(27,28)29/h5-12,15,23,30H,13-14H2,1-4H3. The molecular formula is C26H27F3N2O3. The lowest BCUT2D eigenvalue weighted by Gasteiger charge is -2.37. The second-order valence-electron chi connectivity index (χ2n) is 9.79. The van der Waals surface area contributed by atoms with Crippen molar-refractivity contribution in [1.82, 2.24) is 0 Å². The summed E-state index contributed by atoms with van der Waals surface area (Å²) < 4.78 is 47.3. The minimum absolute atomic E-state index is 0.0670. The molecule has 0 saturated heterocycles. The quantitative estimate of drug-likeness (QED) is 0.580. The molecular weight excluding hydrogens is 445 g/mol. The molecule has 0 spiro atoms. The number of hydrogen-bond donors (Lipinski definition) is 1. The van der Waals surface area contributed by atoms with E-state index in [1.165, 1.54) is 6.07 Å². The third kappa shape index (κ3) is 4.54. The molecule has 0 fully saturated rings. The lowest BCUT2D eigenvalue weighted by atomic mass is 9.73. The first kappa shape index (κ1) is 23.9. The molecule has 1 aliphatic carbocycles. The van der Waals surface area contributed by atoms with Crippen molar-refractivity contribution in [3.05, 3.63) is 65.4 Å². The minimum Gasteiger partial charge on any atom is -0.491 e. The number of benzene rings is 2. The Kier molecular flexibility index (Phi) is 5.96. The smallest absolute Gasteiger partial charge is 0.471 e. The Balaban J connectivity index is 1.96. The Hall–Kier alpha value is -3.29. The molecule has 8 heteroatoms. The van der Waals surface area contributed by atoms with Crippen LogP contribution >= 0.6 is 0 Å². The number of nitrogens with zero attached hydrogens (tertiary/aromatic N) is 1. The summed E-state index contributed by atoms with van der Waals surface area (Å²) in [5.74, 6) is -1.76. The minimum atomic E-state index is -5.13. The van der Waals surface area contributed by atoms with E-state index < -0.39 is 18.1 Å². The summed E-state index contributed by atoms with van der Waals surface area (Å²) in [6, 6.07) is 11.6. The second-order valence-corrected chi connectivity index (χ2v) is 9.79. The lowest BCUT2D eigenvalue weighted by Crippen LogP contribution is -2.45. The number of nitrogens with one attached hydrogen (secondary N) is 1. The molecule has 1 heterocycles. The number of anilines is 2. The van der Waals surface area contributed by atoms with Crippen LogP contribution in [0.2, 0.25) is 0 Å². The largest absolute Gasteiger partial charge is 0.491 e. The van der Waals surface area contributed by atoms with Crippen LogP contribution in [0.15, 0.2) is 59.8 Å². The van der Waals surface area contributed by atoms with Crippen LogP contribution < -0.4 is 15.0 Å². The summed E-state index contributed by atoms with van der Waals surface area (Å²) in [6.07, 6.45) is -4.59. The Morgan fingerprint density at radius 1 is 1.09 bits per heavy atom. The molecule has 180 valence electrons. The summed E-state index contributed by atoms with van der Waals surface area (Å²) in [6.45, 7) is 7.62. The number of ether oxygens (including phenoxy) is 1. The molecule has 2 aromatic carbocycles. The maximum absolute atomic E-state index is 13.9. The van der Waals surface area contributed by atoms with E-state index in [2.05, 4.69) is 5.32 Å². The second kappa shape index (κ2) is 8.49. The zero-order valence-electron chi connectivity index (χ0n) is 19.5. The first-order chi connectivity index (χ1) is 15.9.